The monoisotopic (exact) mass is 328 g/mol. The number of benzene rings is 1. The molecule has 0 bridgehead atoms. The molecule has 0 saturated carbocycles. The first kappa shape index (κ1) is 13.1. The van der Waals surface area contributed by atoms with Crippen LogP contribution in [0, 0.1) is 0 Å². The molecule has 1 aromatic heterocycles. The van der Waals surface area contributed by atoms with Gasteiger partial charge >= 0.3 is 5.97 Å². The molecule has 0 spiro atoms. The van der Waals surface area contributed by atoms with Gasteiger partial charge in [0.25, 0.3) is 0 Å². The Morgan fingerprint density at radius 1 is 1.50 bits per heavy atom. The number of nitrogens with one attached hydrogen (secondary N) is 1. The molecule has 6 heteroatoms. The Morgan fingerprint density at radius 3 is 2.83 bits per heavy atom. The summed E-state index contributed by atoms with van der Waals surface area (Å²) in [4.78, 5) is 15.9. The fourth-order valence-corrected chi connectivity index (χ4v) is 2.44. The minimum absolute atomic E-state index is 0.354. The van der Waals surface area contributed by atoms with Crippen LogP contribution in [0.5, 0.6) is 0 Å². The topological polar surface area (TPSA) is 51.2 Å². The Kier molecular flexibility index (Phi) is 3.73. The van der Waals surface area contributed by atoms with Crippen LogP contribution in [-0.4, -0.2) is 25.1 Å². The minimum atomic E-state index is -0.454. The third-order valence-electron chi connectivity index (χ3n) is 2.58. The Hall–Kier alpha value is -1.33. The smallest absolute Gasteiger partial charge is 0.341 e. The van der Waals surface area contributed by atoms with Gasteiger partial charge in [-0.1, -0.05) is 11.6 Å². The van der Waals surface area contributed by atoms with Gasteiger partial charge in [-0.15, -0.1) is 0 Å². The number of hydrogen-bond acceptors (Lipinski definition) is 4. The average molecular weight is 330 g/mol. The molecule has 0 aliphatic carbocycles. The van der Waals surface area contributed by atoms with Gasteiger partial charge < -0.3 is 10.1 Å². The molecule has 94 valence electrons. The number of anilines is 1. The zero-order chi connectivity index (χ0) is 13.3. The average Bonchev–Trinajstić information content (AvgIpc) is 2.40. The van der Waals surface area contributed by atoms with Crippen molar-refractivity contribution in [1.29, 1.82) is 0 Å². The van der Waals surface area contributed by atoms with Crippen molar-refractivity contribution in [3.63, 3.8) is 0 Å². The van der Waals surface area contributed by atoms with E-state index in [0.29, 0.717) is 27.2 Å². The summed E-state index contributed by atoms with van der Waals surface area (Å²) < 4.78 is 5.54. The molecule has 2 aromatic rings. The van der Waals surface area contributed by atoms with Gasteiger partial charge in [0.2, 0.25) is 0 Å². The molecule has 1 N–H and O–H groups in total. The molecule has 1 heterocycles. The highest BCUT2D eigenvalue weighted by Gasteiger charge is 2.18. The van der Waals surface area contributed by atoms with E-state index in [-0.39, 0.29) is 0 Å². The molecule has 4 nitrogen and oxygen atoms in total. The molecule has 0 atom stereocenters. The largest absolute Gasteiger partial charge is 0.465 e. The molecule has 2 rings (SSSR count). The van der Waals surface area contributed by atoms with Crippen LogP contribution in [-0.2, 0) is 4.74 Å². The van der Waals surface area contributed by atoms with E-state index in [9.17, 15) is 4.79 Å². The van der Waals surface area contributed by atoms with E-state index < -0.39 is 5.97 Å². The Balaban J connectivity index is 2.87. The number of halogens is 2. The molecule has 0 radical (unpaired) electrons. The lowest BCUT2D eigenvalue weighted by Gasteiger charge is -2.12. The molecule has 0 saturated heterocycles. The maximum Gasteiger partial charge on any atom is 0.341 e. The van der Waals surface area contributed by atoms with E-state index in [2.05, 4.69) is 26.2 Å². The number of ether oxygens (including phenoxy) is 1. The summed E-state index contributed by atoms with van der Waals surface area (Å²) in [6.07, 6.45) is 1.47. The first-order valence-corrected chi connectivity index (χ1v) is 6.30. The highest BCUT2D eigenvalue weighted by Crippen LogP contribution is 2.35. The predicted octanol–water partition coefficient (Wildman–Crippen LogP) is 3.48. The van der Waals surface area contributed by atoms with E-state index in [1.165, 1.54) is 13.3 Å². The van der Waals surface area contributed by atoms with Gasteiger partial charge in [0.05, 0.1) is 23.3 Å². The van der Waals surface area contributed by atoms with Crippen molar-refractivity contribution in [2.45, 2.75) is 0 Å². The van der Waals surface area contributed by atoms with Crippen molar-refractivity contribution >= 4 is 50.1 Å². The number of fused-ring (bicyclic) bond motifs is 1. The second-order valence-electron chi connectivity index (χ2n) is 3.54. The zero-order valence-electron chi connectivity index (χ0n) is 9.75. The number of hydrogen-bond donors (Lipinski definition) is 1. The predicted molar refractivity (Wildman–Crippen MR) is 75.3 cm³/mol. The second kappa shape index (κ2) is 5.12. The van der Waals surface area contributed by atoms with Crippen molar-refractivity contribution in [2.75, 3.05) is 19.5 Å². The van der Waals surface area contributed by atoms with Crippen LogP contribution >= 0.6 is 27.5 Å². The van der Waals surface area contributed by atoms with Gasteiger partial charge in [-0.3, -0.25) is 4.98 Å². The number of carbonyl (C=O) groups excluding carboxylic acids is 1. The highest BCUT2D eigenvalue weighted by molar-refractivity contribution is 9.10. The van der Waals surface area contributed by atoms with Crippen molar-refractivity contribution in [3.8, 4) is 0 Å². The van der Waals surface area contributed by atoms with E-state index in [1.807, 2.05) is 6.07 Å². The minimum Gasteiger partial charge on any atom is -0.465 e. The number of carbonyl (C=O) groups is 1. The van der Waals surface area contributed by atoms with Crippen LogP contribution in [0.1, 0.15) is 10.4 Å². The van der Waals surface area contributed by atoms with E-state index in [4.69, 9.17) is 16.3 Å². The number of esters is 1. The first-order valence-electron chi connectivity index (χ1n) is 5.13. The highest BCUT2D eigenvalue weighted by atomic mass is 79.9. The normalized spacial score (nSPS) is 10.4. The summed E-state index contributed by atoms with van der Waals surface area (Å²) in [5.41, 5.74) is 1.66. The summed E-state index contributed by atoms with van der Waals surface area (Å²) in [5.74, 6) is -0.454. The first-order chi connectivity index (χ1) is 8.60. The second-order valence-corrected chi connectivity index (χ2v) is 4.80. The fraction of sp³-hybridized carbons (Fsp3) is 0.167. The van der Waals surface area contributed by atoms with Gasteiger partial charge in [0.15, 0.2) is 0 Å². The molecular weight excluding hydrogens is 320 g/mol. The van der Waals surface area contributed by atoms with Crippen LogP contribution in [0.3, 0.4) is 0 Å². The van der Waals surface area contributed by atoms with Gasteiger partial charge in [0.1, 0.15) is 5.56 Å². The van der Waals surface area contributed by atoms with Crippen LogP contribution in [0.4, 0.5) is 5.69 Å². The van der Waals surface area contributed by atoms with E-state index >= 15 is 0 Å². The van der Waals surface area contributed by atoms with Crippen LogP contribution in [0.2, 0.25) is 5.02 Å². The van der Waals surface area contributed by atoms with Gasteiger partial charge in [-0.25, -0.2) is 4.79 Å². The van der Waals surface area contributed by atoms with Crippen LogP contribution < -0.4 is 5.32 Å². The Morgan fingerprint density at radius 2 is 2.22 bits per heavy atom. The maximum atomic E-state index is 11.7. The van der Waals surface area contributed by atoms with Gasteiger partial charge in [-0.05, 0) is 28.1 Å². The number of pyridine rings is 1. The van der Waals surface area contributed by atoms with Crippen LogP contribution in [0.15, 0.2) is 22.8 Å². The lowest BCUT2D eigenvalue weighted by molar-refractivity contribution is 0.0601. The number of aromatic nitrogens is 1. The number of methoxy groups -OCH3 is 1. The summed E-state index contributed by atoms with van der Waals surface area (Å²) >= 11 is 9.59. The summed E-state index contributed by atoms with van der Waals surface area (Å²) in [5, 5.41) is 4.19. The van der Waals surface area contributed by atoms with Crippen molar-refractivity contribution in [1.82, 2.24) is 4.98 Å². The van der Waals surface area contributed by atoms with Gasteiger partial charge in [-0.2, -0.15) is 0 Å². The SMILES string of the molecule is CNc1c(C(=O)OC)cnc2c(Br)ccc(Cl)c12. The fourth-order valence-electron chi connectivity index (χ4n) is 1.76. The third-order valence-corrected chi connectivity index (χ3v) is 3.53. The molecule has 0 aliphatic rings. The van der Waals surface area contributed by atoms with Crippen molar-refractivity contribution in [2.24, 2.45) is 0 Å². The molecule has 0 aliphatic heterocycles. The van der Waals surface area contributed by atoms with E-state index in [0.717, 1.165) is 4.47 Å². The summed E-state index contributed by atoms with van der Waals surface area (Å²) in [6, 6.07) is 3.56. The lowest BCUT2D eigenvalue weighted by Crippen LogP contribution is -2.07. The number of nitrogens with zero attached hydrogens (tertiary/aromatic N) is 1. The molecule has 0 unspecified atom stereocenters. The summed E-state index contributed by atoms with van der Waals surface area (Å²) in [6.45, 7) is 0. The standard InChI is InChI=1S/C12H10BrClN2O2/c1-15-10-6(12(17)18-2)5-16-11-7(13)3-4-8(14)9(10)11/h3-5H,1-2H3,(H,15,16). The molecular formula is C12H10BrClN2O2. The number of rotatable bonds is 2. The van der Waals surface area contributed by atoms with E-state index in [1.54, 1.807) is 13.1 Å². The van der Waals surface area contributed by atoms with Crippen molar-refractivity contribution < 1.29 is 9.53 Å². The molecule has 0 fully saturated rings. The molecule has 0 amide bonds. The maximum absolute atomic E-state index is 11.7. The third kappa shape index (κ3) is 2.04. The molecule has 1 aromatic carbocycles. The van der Waals surface area contributed by atoms with Gasteiger partial charge in [0, 0.05) is 23.1 Å². The summed E-state index contributed by atoms with van der Waals surface area (Å²) in [7, 11) is 3.05. The van der Waals surface area contributed by atoms with Crippen molar-refractivity contribution in [3.05, 3.63) is 33.4 Å². The Bertz CT molecular complexity index is 631. The van der Waals surface area contributed by atoms with Crippen LogP contribution in [0.25, 0.3) is 10.9 Å². The lowest BCUT2D eigenvalue weighted by atomic mass is 10.1. The zero-order valence-corrected chi connectivity index (χ0v) is 12.1. The molecule has 18 heavy (non-hydrogen) atoms. The Labute approximate surface area is 117 Å². The quantitative estimate of drug-likeness (QED) is 0.857.